The number of nitrogens with zero attached hydrogens (tertiary/aromatic N) is 1. The minimum atomic E-state index is -0.788. The number of rotatable bonds is 5. The van der Waals surface area contributed by atoms with Crippen molar-refractivity contribution < 1.29 is 14.3 Å². The Bertz CT molecular complexity index is 738. The van der Waals surface area contributed by atoms with E-state index in [2.05, 4.69) is 12.1 Å². The van der Waals surface area contributed by atoms with Gasteiger partial charge in [-0.2, -0.15) is 5.26 Å². The fraction of sp³-hybridized carbons (Fsp3) is 0.263. The van der Waals surface area contributed by atoms with E-state index in [1.54, 1.807) is 25.3 Å². The van der Waals surface area contributed by atoms with Crippen molar-refractivity contribution in [3.63, 3.8) is 0 Å². The molecule has 4 nitrogen and oxygen atoms in total. The lowest BCUT2D eigenvalue weighted by molar-refractivity contribution is -0.108. The summed E-state index contributed by atoms with van der Waals surface area (Å²) >= 11 is 0. The fourth-order valence-corrected chi connectivity index (χ4v) is 2.94. The van der Waals surface area contributed by atoms with Gasteiger partial charge in [-0.1, -0.05) is 30.3 Å². The summed E-state index contributed by atoms with van der Waals surface area (Å²) in [6.45, 7) is 0. The number of nitriles is 1. The lowest BCUT2D eigenvalue weighted by atomic mass is 10.0. The number of ether oxygens (including phenoxy) is 2. The van der Waals surface area contributed by atoms with Gasteiger partial charge in [0.15, 0.2) is 11.5 Å². The average Bonchev–Trinajstić information content (AvgIpc) is 2.98. The zero-order valence-corrected chi connectivity index (χ0v) is 12.9. The summed E-state index contributed by atoms with van der Waals surface area (Å²) in [5.41, 5.74) is 3.22. The highest BCUT2D eigenvalue weighted by atomic mass is 16.5. The molecule has 0 saturated heterocycles. The number of aldehydes is 1. The molecule has 0 bridgehead atoms. The monoisotopic (exact) mass is 307 g/mol. The summed E-state index contributed by atoms with van der Waals surface area (Å²) in [5, 5.41) is 9.05. The predicted molar refractivity (Wildman–Crippen MR) is 85.7 cm³/mol. The molecule has 0 radical (unpaired) electrons. The Kier molecular flexibility index (Phi) is 4.29. The SMILES string of the molecule is COc1ccc(C(C#N)C=O)cc1OC1Cc2ccccc2C1. The molecule has 0 aromatic heterocycles. The van der Waals surface area contributed by atoms with Crippen LogP contribution in [-0.2, 0) is 17.6 Å². The number of benzene rings is 2. The molecule has 1 atom stereocenters. The maximum absolute atomic E-state index is 11.0. The number of methoxy groups -OCH3 is 1. The Morgan fingerprint density at radius 2 is 1.87 bits per heavy atom. The molecule has 2 aromatic carbocycles. The molecule has 1 aliphatic rings. The van der Waals surface area contributed by atoms with E-state index < -0.39 is 5.92 Å². The van der Waals surface area contributed by atoms with Crippen molar-refractivity contribution in [1.29, 1.82) is 5.26 Å². The second-order valence-electron chi connectivity index (χ2n) is 5.57. The van der Waals surface area contributed by atoms with Gasteiger partial charge in [0.05, 0.1) is 13.2 Å². The molecule has 0 N–H and O–H groups in total. The molecule has 2 aromatic rings. The van der Waals surface area contributed by atoms with Crippen LogP contribution in [0, 0.1) is 11.3 Å². The zero-order chi connectivity index (χ0) is 16.2. The van der Waals surface area contributed by atoms with Crippen LogP contribution in [0.25, 0.3) is 0 Å². The van der Waals surface area contributed by atoms with Gasteiger partial charge >= 0.3 is 0 Å². The van der Waals surface area contributed by atoms with Crippen LogP contribution in [0.3, 0.4) is 0 Å². The van der Waals surface area contributed by atoms with Crippen LogP contribution in [0.15, 0.2) is 42.5 Å². The third kappa shape index (κ3) is 3.04. The molecule has 0 aliphatic heterocycles. The van der Waals surface area contributed by atoms with E-state index in [1.165, 1.54) is 11.1 Å². The van der Waals surface area contributed by atoms with E-state index in [9.17, 15) is 4.79 Å². The highest BCUT2D eigenvalue weighted by Gasteiger charge is 2.24. The molecule has 1 aliphatic carbocycles. The molecule has 23 heavy (non-hydrogen) atoms. The molecule has 1 unspecified atom stereocenters. The van der Waals surface area contributed by atoms with Crippen LogP contribution in [0.4, 0.5) is 0 Å². The average molecular weight is 307 g/mol. The van der Waals surface area contributed by atoms with Gasteiger partial charge in [0, 0.05) is 12.8 Å². The minimum Gasteiger partial charge on any atom is -0.493 e. The van der Waals surface area contributed by atoms with Gasteiger partial charge in [0.1, 0.15) is 18.3 Å². The van der Waals surface area contributed by atoms with Crippen molar-refractivity contribution in [3.05, 3.63) is 59.2 Å². The standard InChI is InChI=1S/C19H17NO3/c1-22-18-7-6-15(16(11-20)12-21)10-19(18)23-17-8-13-4-2-3-5-14(13)9-17/h2-7,10,12,16-17H,8-9H2,1H3. The van der Waals surface area contributed by atoms with E-state index in [1.807, 2.05) is 18.2 Å². The zero-order valence-electron chi connectivity index (χ0n) is 12.9. The first-order valence-corrected chi connectivity index (χ1v) is 7.51. The van der Waals surface area contributed by atoms with Crippen LogP contribution in [0.1, 0.15) is 22.6 Å². The van der Waals surface area contributed by atoms with Crippen molar-refractivity contribution in [3.8, 4) is 17.6 Å². The number of hydrogen-bond acceptors (Lipinski definition) is 4. The van der Waals surface area contributed by atoms with Crippen LogP contribution in [-0.4, -0.2) is 19.5 Å². The Morgan fingerprint density at radius 1 is 1.17 bits per heavy atom. The number of carbonyl (C=O) groups excluding carboxylic acids is 1. The van der Waals surface area contributed by atoms with E-state index >= 15 is 0 Å². The van der Waals surface area contributed by atoms with Gasteiger partial charge in [-0.3, -0.25) is 0 Å². The number of hydrogen-bond donors (Lipinski definition) is 0. The molecular weight excluding hydrogens is 290 g/mol. The molecule has 0 spiro atoms. The van der Waals surface area contributed by atoms with Gasteiger partial charge in [-0.25, -0.2) is 0 Å². The van der Waals surface area contributed by atoms with E-state index in [4.69, 9.17) is 14.7 Å². The summed E-state index contributed by atoms with van der Waals surface area (Å²) in [6, 6.07) is 15.5. The van der Waals surface area contributed by atoms with Gasteiger partial charge in [0.2, 0.25) is 0 Å². The molecular formula is C19H17NO3. The first-order chi connectivity index (χ1) is 11.2. The number of fused-ring (bicyclic) bond motifs is 1. The third-order valence-electron chi connectivity index (χ3n) is 4.13. The van der Waals surface area contributed by atoms with Gasteiger partial charge in [0.25, 0.3) is 0 Å². The van der Waals surface area contributed by atoms with Crippen molar-refractivity contribution in [2.75, 3.05) is 7.11 Å². The normalized spacial score (nSPS) is 14.6. The second kappa shape index (κ2) is 6.53. The van der Waals surface area contributed by atoms with Crippen molar-refractivity contribution >= 4 is 6.29 Å². The van der Waals surface area contributed by atoms with E-state index in [0.29, 0.717) is 23.3 Å². The molecule has 0 saturated carbocycles. The lowest BCUT2D eigenvalue weighted by Gasteiger charge is -2.17. The molecule has 0 heterocycles. The van der Waals surface area contributed by atoms with Crippen molar-refractivity contribution in [2.45, 2.75) is 24.9 Å². The quantitative estimate of drug-likeness (QED) is 0.797. The third-order valence-corrected chi connectivity index (χ3v) is 4.13. The first-order valence-electron chi connectivity index (χ1n) is 7.51. The molecule has 3 rings (SSSR count). The highest BCUT2D eigenvalue weighted by Crippen LogP contribution is 2.34. The van der Waals surface area contributed by atoms with Crippen molar-refractivity contribution in [1.82, 2.24) is 0 Å². The Morgan fingerprint density at radius 3 is 2.43 bits per heavy atom. The van der Waals surface area contributed by atoms with E-state index in [0.717, 1.165) is 12.8 Å². The van der Waals surface area contributed by atoms with Crippen LogP contribution >= 0.6 is 0 Å². The van der Waals surface area contributed by atoms with Crippen LogP contribution < -0.4 is 9.47 Å². The largest absolute Gasteiger partial charge is 0.493 e. The van der Waals surface area contributed by atoms with E-state index in [-0.39, 0.29) is 6.10 Å². The minimum absolute atomic E-state index is 0.0355. The number of carbonyl (C=O) groups is 1. The summed E-state index contributed by atoms with van der Waals surface area (Å²) < 4.78 is 11.4. The Hall–Kier alpha value is -2.80. The molecule has 0 amide bonds. The smallest absolute Gasteiger partial charge is 0.161 e. The maximum atomic E-state index is 11.0. The summed E-state index contributed by atoms with van der Waals surface area (Å²) in [6.07, 6.45) is 2.36. The molecule has 0 fully saturated rings. The maximum Gasteiger partial charge on any atom is 0.161 e. The molecule has 116 valence electrons. The first kappa shape index (κ1) is 15.1. The Labute approximate surface area is 135 Å². The van der Waals surface area contributed by atoms with Crippen LogP contribution in [0.2, 0.25) is 0 Å². The Balaban J connectivity index is 1.83. The summed E-state index contributed by atoms with van der Waals surface area (Å²) in [4.78, 5) is 11.0. The van der Waals surface area contributed by atoms with Gasteiger partial charge in [-0.15, -0.1) is 0 Å². The summed E-state index contributed by atoms with van der Waals surface area (Å²) in [5.74, 6) is 0.390. The fourth-order valence-electron chi connectivity index (χ4n) is 2.94. The van der Waals surface area contributed by atoms with Gasteiger partial charge in [-0.05, 0) is 28.8 Å². The lowest BCUT2D eigenvalue weighted by Crippen LogP contribution is -2.17. The van der Waals surface area contributed by atoms with Gasteiger partial charge < -0.3 is 14.3 Å². The molecule has 4 heteroatoms. The predicted octanol–water partition coefficient (Wildman–Crippen LogP) is 3.05. The summed E-state index contributed by atoms with van der Waals surface area (Å²) in [7, 11) is 1.58. The van der Waals surface area contributed by atoms with Crippen LogP contribution in [0.5, 0.6) is 11.5 Å². The second-order valence-corrected chi connectivity index (χ2v) is 5.57. The van der Waals surface area contributed by atoms with Crippen molar-refractivity contribution in [2.24, 2.45) is 0 Å². The topological polar surface area (TPSA) is 59.3 Å². The highest BCUT2D eigenvalue weighted by molar-refractivity contribution is 5.67.